The molecule has 0 unspecified atom stereocenters. The van der Waals surface area contributed by atoms with E-state index < -0.39 is 11.7 Å². The molecule has 0 aliphatic rings. The summed E-state index contributed by atoms with van der Waals surface area (Å²) in [7, 11) is 0. The summed E-state index contributed by atoms with van der Waals surface area (Å²) in [4.78, 5) is 11.7. The van der Waals surface area contributed by atoms with Crippen LogP contribution >= 0.6 is 0 Å². The van der Waals surface area contributed by atoms with Gasteiger partial charge >= 0.3 is 11.9 Å². The summed E-state index contributed by atoms with van der Waals surface area (Å²) in [6.07, 6.45) is 0. The van der Waals surface area contributed by atoms with E-state index in [1.54, 1.807) is 0 Å². The highest BCUT2D eigenvalue weighted by molar-refractivity contribution is 5.86. The van der Waals surface area contributed by atoms with Crippen LogP contribution in [0.5, 0.6) is 0 Å². The molecule has 0 amide bonds. The van der Waals surface area contributed by atoms with E-state index in [1.165, 1.54) is 0 Å². The predicted octanol–water partition coefficient (Wildman–Crippen LogP) is -2.28. The third-order valence-corrected chi connectivity index (χ3v) is 1.68. The molecule has 4 N–H and O–H groups in total. The summed E-state index contributed by atoms with van der Waals surface area (Å²) in [5, 5.41) is 34.7. The molecule has 0 heterocycles. The van der Waals surface area contributed by atoms with Gasteiger partial charge in [0.2, 0.25) is 0 Å². The van der Waals surface area contributed by atoms with Crippen LogP contribution in [0.15, 0.2) is 11.7 Å². The van der Waals surface area contributed by atoms with Crippen LogP contribution in [0.1, 0.15) is 0 Å². The van der Waals surface area contributed by atoms with E-state index in [2.05, 4.69) is 4.74 Å². The van der Waals surface area contributed by atoms with Gasteiger partial charge in [-0.15, -0.1) is 0 Å². The minimum atomic E-state index is -0.960. The first-order valence-corrected chi connectivity index (χ1v) is 5.94. The standard InChI is InChI=1S/C11H20O9/c12-1-5-17-9(10(16)18-6-2-13)11(19-7-3-14)20-8-4-15/h12-15H,1-8H2. The topological polar surface area (TPSA) is 135 Å². The average Bonchev–Trinajstić information content (AvgIpc) is 2.47. The number of esters is 1. The first-order valence-electron chi connectivity index (χ1n) is 5.94. The third kappa shape index (κ3) is 7.79. The van der Waals surface area contributed by atoms with Gasteiger partial charge in [0, 0.05) is 0 Å². The first-order chi connectivity index (χ1) is 9.71. The lowest BCUT2D eigenvalue weighted by Gasteiger charge is -2.15. The van der Waals surface area contributed by atoms with E-state index in [0.717, 1.165) is 0 Å². The quantitative estimate of drug-likeness (QED) is 0.178. The second kappa shape index (κ2) is 12.5. The molecule has 0 bridgehead atoms. The van der Waals surface area contributed by atoms with E-state index in [4.69, 9.17) is 34.6 Å². The van der Waals surface area contributed by atoms with Gasteiger partial charge in [0.05, 0.1) is 26.4 Å². The summed E-state index contributed by atoms with van der Waals surface area (Å²) in [5.74, 6) is -1.78. The molecule has 0 aromatic carbocycles. The molecule has 0 saturated carbocycles. The van der Waals surface area contributed by atoms with Gasteiger partial charge in [-0.3, -0.25) is 0 Å². The normalized spacial score (nSPS) is 9.80. The zero-order valence-corrected chi connectivity index (χ0v) is 11.0. The Labute approximate surface area is 115 Å². The Morgan fingerprint density at radius 2 is 1.05 bits per heavy atom. The highest BCUT2D eigenvalue weighted by Gasteiger charge is 2.22. The molecule has 0 aliphatic carbocycles. The Balaban J connectivity index is 4.96. The van der Waals surface area contributed by atoms with Crippen molar-refractivity contribution in [1.82, 2.24) is 0 Å². The SMILES string of the molecule is O=C(OCCO)C(OCCO)=C(OCCO)OCCO. The van der Waals surface area contributed by atoms with Crippen molar-refractivity contribution >= 4 is 5.97 Å². The van der Waals surface area contributed by atoms with Gasteiger partial charge < -0.3 is 39.4 Å². The van der Waals surface area contributed by atoms with Crippen LogP contribution in [0, 0.1) is 0 Å². The highest BCUT2D eigenvalue weighted by Crippen LogP contribution is 2.12. The Kier molecular flexibility index (Phi) is 11.5. The Morgan fingerprint density at radius 1 is 0.650 bits per heavy atom. The Hall–Kier alpha value is -1.55. The van der Waals surface area contributed by atoms with Crippen LogP contribution in [0.3, 0.4) is 0 Å². The van der Waals surface area contributed by atoms with Crippen LogP contribution in [-0.2, 0) is 23.7 Å². The number of hydrogen-bond acceptors (Lipinski definition) is 9. The molecule has 0 aliphatic heterocycles. The predicted molar refractivity (Wildman–Crippen MR) is 64.2 cm³/mol. The molecule has 9 heteroatoms. The lowest BCUT2D eigenvalue weighted by Crippen LogP contribution is -2.20. The molecular formula is C11H20O9. The fourth-order valence-corrected chi connectivity index (χ4v) is 1.00. The molecule has 20 heavy (non-hydrogen) atoms. The zero-order valence-electron chi connectivity index (χ0n) is 11.0. The molecule has 0 saturated heterocycles. The lowest BCUT2D eigenvalue weighted by atomic mass is 10.5. The number of rotatable bonds is 12. The number of carbonyl (C=O) groups is 1. The van der Waals surface area contributed by atoms with Crippen molar-refractivity contribution in [3.8, 4) is 0 Å². The number of hydrogen-bond donors (Lipinski definition) is 4. The molecule has 0 radical (unpaired) electrons. The largest absolute Gasteiger partial charge is 0.479 e. The van der Waals surface area contributed by atoms with Crippen molar-refractivity contribution in [2.45, 2.75) is 0 Å². The monoisotopic (exact) mass is 296 g/mol. The molecule has 9 nitrogen and oxygen atoms in total. The van der Waals surface area contributed by atoms with Gasteiger partial charge in [-0.2, -0.15) is 0 Å². The Morgan fingerprint density at radius 3 is 1.50 bits per heavy atom. The summed E-state index contributed by atoms with van der Waals surface area (Å²) >= 11 is 0. The fraction of sp³-hybridized carbons (Fsp3) is 0.727. The van der Waals surface area contributed by atoms with Crippen molar-refractivity contribution in [1.29, 1.82) is 0 Å². The van der Waals surface area contributed by atoms with Gasteiger partial charge in [0.1, 0.15) is 26.4 Å². The van der Waals surface area contributed by atoms with Crippen LogP contribution < -0.4 is 0 Å². The maximum absolute atomic E-state index is 11.7. The first kappa shape index (κ1) is 18.4. The number of aliphatic hydroxyl groups is 4. The maximum atomic E-state index is 11.7. The highest BCUT2D eigenvalue weighted by atomic mass is 16.7. The van der Waals surface area contributed by atoms with Crippen LogP contribution in [-0.4, -0.2) is 79.3 Å². The summed E-state index contributed by atoms with van der Waals surface area (Å²) in [6.45, 7) is -2.18. The van der Waals surface area contributed by atoms with E-state index in [0.29, 0.717) is 0 Å². The maximum Gasteiger partial charge on any atom is 0.381 e. The van der Waals surface area contributed by atoms with Gasteiger partial charge in [-0.05, 0) is 0 Å². The van der Waals surface area contributed by atoms with Crippen LogP contribution in [0.4, 0.5) is 0 Å². The van der Waals surface area contributed by atoms with Gasteiger partial charge in [-0.25, -0.2) is 4.79 Å². The number of ether oxygens (including phenoxy) is 4. The summed E-state index contributed by atoms with van der Waals surface area (Å²) in [6, 6.07) is 0. The van der Waals surface area contributed by atoms with Crippen LogP contribution in [0.25, 0.3) is 0 Å². The van der Waals surface area contributed by atoms with E-state index in [9.17, 15) is 4.79 Å². The molecule has 0 aromatic rings. The minimum absolute atomic E-state index is 0.167. The van der Waals surface area contributed by atoms with Gasteiger partial charge in [0.15, 0.2) is 0 Å². The molecular weight excluding hydrogens is 276 g/mol. The lowest BCUT2D eigenvalue weighted by molar-refractivity contribution is -0.146. The third-order valence-electron chi connectivity index (χ3n) is 1.68. The smallest absolute Gasteiger partial charge is 0.381 e. The molecule has 0 atom stereocenters. The second-order valence-electron chi connectivity index (χ2n) is 3.19. The molecule has 0 fully saturated rings. The Bertz CT molecular complexity index is 280. The van der Waals surface area contributed by atoms with Crippen molar-refractivity contribution in [3.05, 3.63) is 11.7 Å². The summed E-state index contributed by atoms with van der Waals surface area (Å²) < 4.78 is 19.6. The molecule has 0 spiro atoms. The van der Waals surface area contributed by atoms with Crippen molar-refractivity contribution in [2.24, 2.45) is 0 Å². The van der Waals surface area contributed by atoms with Crippen molar-refractivity contribution in [2.75, 3.05) is 52.9 Å². The molecule has 118 valence electrons. The van der Waals surface area contributed by atoms with E-state index in [1.807, 2.05) is 0 Å². The number of aliphatic hydroxyl groups excluding tert-OH is 4. The fourth-order valence-electron chi connectivity index (χ4n) is 1.00. The number of carbonyl (C=O) groups excluding carboxylic acids is 1. The second-order valence-corrected chi connectivity index (χ2v) is 3.19. The van der Waals surface area contributed by atoms with Gasteiger partial charge in [-0.1, -0.05) is 0 Å². The van der Waals surface area contributed by atoms with Crippen molar-refractivity contribution in [3.63, 3.8) is 0 Å². The molecule has 0 aromatic heterocycles. The van der Waals surface area contributed by atoms with Crippen LogP contribution in [0.2, 0.25) is 0 Å². The summed E-state index contributed by atoms with van der Waals surface area (Å²) in [5.41, 5.74) is 0. The van der Waals surface area contributed by atoms with E-state index in [-0.39, 0.29) is 58.8 Å². The minimum Gasteiger partial charge on any atom is -0.479 e. The zero-order chi connectivity index (χ0) is 15.2. The van der Waals surface area contributed by atoms with E-state index >= 15 is 0 Å². The average molecular weight is 296 g/mol. The van der Waals surface area contributed by atoms with Crippen molar-refractivity contribution < 1.29 is 44.2 Å². The van der Waals surface area contributed by atoms with Gasteiger partial charge in [0.25, 0.3) is 5.76 Å². The molecule has 0 rings (SSSR count).